The van der Waals surface area contributed by atoms with E-state index in [1.807, 2.05) is 19.9 Å². The van der Waals surface area contributed by atoms with Crippen molar-refractivity contribution in [1.29, 1.82) is 0 Å². The SMILES string of the molecule is CCN(CC)C(=O)c1ncccc1B1OCCNCCO1. The second kappa shape index (κ2) is 8.12. The Bertz CT molecular complexity index is 461. The van der Waals surface area contributed by atoms with Gasteiger partial charge >= 0.3 is 7.12 Å². The molecule has 7 heteroatoms. The molecule has 6 nitrogen and oxygen atoms in total. The number of carbonyl (C=O) groups is 1. The maximum absolute atomic E-state index is 12.6. The zero-order chi connectivity index (χ0) is 15.1. The molecule has 0 atom stereocenters. The molecule has 114 valence electrons. The van der Waals surface area contributed by atoms with Gasteiger partial charge in [0.15, 0.2) is 0 Å². The van der Waals surface area contributed by atoms with Gasteiger partial charge in [-0.25, -0.2) is 0 Å². The minimum atomic E-state index is -0.532. The van der Waals surface area contributed by atoms with Crippen LogP contribution in [0.3, 0.4) is 0 Å². The lowest BCUT2D eigenvalue weighted by molar-refractivity contribution is 0.0767. The summed E-state index contributed by atoms with van der Waals surface area (Å²) < 4.78 is 11.4. The summed E-state index contributed by atoms with van der Waals surface area (Å²) in [6, 6.07) is 3.65. The van der Waals surface area contributed by atoms with Gasteiger partial charge in [0, 0.05) is 51.1 Å². The number of carbonyl (C=O) groups excluding carboxylic acids is 1. The Labute approximate surface area is 126 Å². The van der Waals surface area contributed by atoms with Crippen molar-refractivity contribution in [2.45, 2.75) is 13.8 Å². The number of hydrogen-bond donors (Lipinski definition) is 1. The molecular formula is C14H22BN3O3. The summed E-state index contributed by atoms with van der Waals surface area (Å²) in [5.41, 5.74) is 1.12. The fourth-order valence-corrected chi connectivity index (χ4v) is 2.28. The van der Waals surface area contributed by atoms with E-state index < -0.39 is 7.12 Å². The lowest BCUT2D eigenvalue weighted by atomic mass is 9.77. The third kappa shape index (κ3) is 4.03. The van der Waals surface area contributed by atoms with E-state index in [0.29, 0.717) is 37.5 Å². The van der Waals surface area contributed by atoms with Crippen LogP contribution < -0.4 is 10.8 Å². The average Bonchev–Trinajstić information content (AvgIpc) is 2.48. The molecule has 0 bridgehead atoms. The first-order valence-corrected chi connectivity index (χ1v) is 7.46. The van der Waals surface area contributed by atoms with Crippen molar-refractivity contribution in [3.63, 3.8) is 0 Å². The monoisotopic (exact) mass is 291 g/mol. The molecule has 1 aromatic rings. The van der Waals surface area contributed by atoms with Gasteiger partial charge in [0.05, 0.1) is 0 Å². The van der Waals surface area contributed by atoms with Crippen molar-refractivity contribution in [1.82, 2.24) is 15.2 Å². The summed E-state index contributed by atoms with van der Waals surface area (Å²) in [4.78, 5) is 18.6. The van der Waals surface area contributed by atoms with Crippen LogP contribution in [-0.2, 0) is 9.31 Å². The van der Waals surface area contributed by atoms with E-state index in [4.69, 9.17) is 9.31 Å². The largest absolute Gasteiger partial charge is 0.496 e. The molecule has 2 heterocycles. The molecular weight excluding hydrogens is 269 g/mol. The van der Waals surface area contributed by atoms with Gasteiger partial charge in [-0.15, -0.1) is 0 Å². The highest BCUT2D eigenvalue weighted by atomic mass is 16.6. The highest BCUT2D eigenvalue weighted by molar-refractivity contribution is 6.62. The molecule has 1 aliphatic rings. The molecule has 0 aromatic carbocycles. The van der Waals surface area contributed by atoms with Gasteiger partial charge in [0.1, 0.15) is 5.69 Å². The van der Waals surface area contributed by atoms with Crippen LogP contribution in [0.5, 0.6) is 0 Å². The number of rotatable bonds is 4. The zero-order valence-corrected chi connectivity index (χ0v) is 12.7. The van der Waals surface area contributed by atoms with Crippen molar-refractivity contribution in [2.75, 3.05) is 39.4 Å². The van der Waals surface area contributed by atoms with Crippen LogP contribution >= 0.6 is 0 Å². The first-order chi connectivity index (χ1) is 10.3. The van der Waals surface area contributed by atoms with Gasteiger partial charge in [0.2, 0.25) is 0 Å². The number of aromatic nitrogens is 1. The summed E-state index contributed by atoms with van der Waals surface area (Å²) in [6.07, 6.45) is 1.63. The van der Waals surface area contributed by atoms with E-state index in [1.54, 1.807) is 17.2 Å². The van der Waals surface area contributed by atoms with Crippen molar-refractivity contribution in [3.8, 4) is 0 Å². The average molecular weight is 291 g/mol. The molecule has 1 aliphatic heterocycles. The van der Waals surface area contributed by atoms with Crippen LogP contribution in [0.4, 0.5) is 0 Å². The van der Waals surface area contributed by atoms with Crippen LogP contribution in [-0.4, -0.2) is 62.3 Å². The summed E-state index contributed by atoms with van der Waals surface area (Å²) in [5.74, 6) is -0.0806. The Morgan fingerprint density at radius 1 is 1.33 bits per heavy atom. The van der Waals surface area contributed by atoms with Crippen molar-refractivity contribution in [2.24, 2.45) is 0 Å². The molecule has 1 amide bonds. The lowest BCUT2D eigenvalue weighted by Crippen LogP contribution is -2.47. The fourth-order valence-electron chi connectivity index (χ4n) is 2.28. The van der Waals surface area contributed by atoms with E-state index in [-0.39, 0.29) is 5.91 Å². The van der Waals surface area contributed by atoms with Gasteiger partial charge in [-0.2, -0.15) is 0 Å². The van der Waals surface area contributed by atoms with Crippen LogP contribution in [0.25, 0.3) is 0 Å². The molecule has 1 N–H and O–H groups in total. The zero-order valence-electron chi connectivity index (χ0n) is 12.7. The standard InChI is InChI=1S/C14H22BN3O3/c1-3-18(4-2)14(19)13-12(6-5-7-17-13)15-20-10-8-16-9-11-21-15/h5-7,16H,3-4,8-11H2,1-2H3. The number of nitrogens with zero attached hydrogens (tertiary/aromatic N) is 2. The minimum absolute atomic E-state index is 0.0806. The molecule has 21 heavy (non-hydrogen) atoms. The lowest BCUT2D eigenvalue weighted by Gasteiger charge is -2.23. The molecule has 0 radical (unpaired) electrons. The van der Waals surface area contributed by atoms with Gasteiger partial charge < -0.3 is 19.5 Å². The van der Waals surface area contributed by atoms with Crippen molar-refractivity contribution < 1.29 is 14.1 Å². The highest BCUT2D eigenvalue weighted by Gasteiger charge is 2.29. The summed E-state index contributed by atoms with van der Waals surface area (Å²) in [7, 11) is -0.532. The van der Waals surface area contributed by atoms with Crippen molar-refractivity contribution >= 4 is 18.5 Å². The Kier molecular flexibility index (Phi) is 6.16. The van der Waals surface area contributed by atoms with Crippen LogP contribution in [0.15, 0.2) is 18.3 Å². The van der Waals surface area contributed by atoms with Gasteiger partial charge in [-0.05, 0) is 19.9 Å². The molecule has 0 unspecified atom stereocenters. The third-order valence-electron chi connectivity index (χ3n) is 3.44. The predicted octanol–water partition coefficient (Wildman–Crippen LogP) is -0.105. The van der Waals surface area contributed by atoms with Gasteiger partial charge in [-0.3, -0.25) is 9.78 Å². The third-order valence-corrected chi connectivity index (χ3v) is 3.44. The Hall–Kier alpha value is -1.44. The van der Waals surface area contributed by atoms with E-state index in [0.717, 1.165) is 13.1 Å². The first kappa shape index (κ1) is 15.9. The summed E-state index contributed by atoms with van der Waals surface area (Å²) in [6.45, 7) is 7.86. The maximum atomic E-state index is 12.6. The highest BCUT2D eigenvalue weighted by Crippen LogP contribution is 2.03. The minimum Gasteiger partial charge on any atom is -0.406 e. The number of hydrogen-bond acceptors (Lipinski definition) is 5. The van der Waals surface area contributed by atoms with E-state index >= 15 is 0 Å². The maximum Gasteiger partial charge on any atom is 0.496 e. The van der Waals surface area contributed by atoms with Gasteiger partial charge in [-0.1, -0.05) is 6.07 Å². The van der Waals surface area contributed by atoms with Crippen molar-refractivity contribution in [3.05, 3.63) is 24.0 Å². The smallest absolute Gasteiger partial charge is 0.406 e. The molecule has 1 aromatic heterocycles. The molecule has 0 spiro atoms. The van der Waals surface area contributed by atoms with Crippen LogP contribution in [0, 0.1) is 0 Å². The van der Waals surface area contributed by atoms with E-state index in [2.05, 4.69) is 10.3 Å². The molecule has 2 rings (SSSR count). The van der Waals surface area contributed by atoms with E-state index in [9.17, 15) is 4.79 Å². The van der Waals surface area contributed by atoms with Crippen LogP contribution in [0.2, 0.25) is 0 Å². The molecule has 0 aliphatic carbocycles. The molecule has 1 saturated heterocycles. The normalized spacial score (nSPS) is 16.2. The summed E-state index contributed by atoms with van der Waals surface area (Å²) in [5, 5.41) is 3.19. The first-order valence-electron chi connectivity index (χ1n) is 7.46. The Balaban J connectivity index is 2.24. The Morgan fingerprint density at radius 3 is 2.62 bits per heavy atom. The quantitative estimate of drug-likeness (QED) is 0.785. The van der Waals surface area contributed by atoms with Gasteiger partial charge in [0.25, 0.3) is 5.91 Å². The molecule has 0 saturated carbocycles. The predicted molar refractivity (Wildman–Crippen MR) is 81.7 cm³/mol. The Morgan fingerprint density at radius 2 is 2.00 bits per heavy atom. The van der Waals surface area contributed by atoms with Crippen LogP contribution in [0.1, 0.15) is 24.3 Å². The number of pyridine rings is 1. The second-order valence-corrected chi connectivity index (χ2v) is 4.74. The number of amides is 1. The summed E-state index contributed by atoms with van der Waals surface area (Å²) >= 11 is 0. The number of nitrogens with one attached hydrogen (secondary N) is 1. The topological polar surface area (TPSA) is 63.7 Å². The van der Waals surface area contributed by atoms with E-state index in [1.165, 1.54) is 0 Å². The molecule has 1 fully saturated rings. The second-order valence-electron chi connectivity index (χ2n) is 4.74. The fraction of sp³-hybridized carbons (Fsp3) is 0.571.